The van der Waals surface area contributed by atoms with E-state index in [0.717, 1.165) is 0 Å². The van der Waals surface area contributed by atoms with Gasteiger partial charge in [0.25, 0.3) is 5.91 Å². The van der Waals surface area contributed by atoms with Crippen LogP contribution in [0, 0.1) is 12.7 Å². The second-order valence-electron chi connectivity index (χ2n) is 3.89. The molecule has 0 aliphatic heterocycles. The van der Waals surface area contributed by atoms with Crippen molar-refractivity contribution in [1.82, 2.24) is 10.1 Å². The van der Waals surface area contributed by atoms with Gasteiger partial charge in [-0.05, 0) is 19.1 Å². The molecule has 5 nitrogen and oxygen atoms in total. The van der Waals surface area contributed by atoms with Gasteiger partial charge in [0.05, 0.1) is 10.4 Å². The van der Waals surface area contributed by atoms with E-state index in [1.807, 2.05) is 0 Å². The van der Waals surface area contributed by atoms with Crippen LogP contribution in [0.5, 0.6) is 0 Å². The molecule has 19 heavy (non-hydrogen) atoms. The summed E-state index contributed by atoms with van der Waals surface area (Å²) in [6.45, 7) is 1.72. The summed E-state index contributed by atoms with van der Waals surface area (Å²) in [5.74, 6) is -0.776. The highest BCUT2D eigenvalue weighted by Gasteiger charge is 2.15. The average molecular weight is 277 g/mol. The first-order chi connectivity index (χ1) is 9.13. The Kier molecular flexibility index (Phi) is 2.75. The smallest absolute Gasteiger partial charge is 0.296 e. The van der Waals surface area contributed by atoms with E-state index >= 15 is 0 Å². The van der Waals surface area contributed by atoms with E-state index in [4.69, 9.17) is 4.52 Å². The monoisotopic (exact) mass is 277 g/mol. The Labute approximate surface area is 111 Å². The predicted octanol–water partition coefficient (Wildman–Crippen LogP) is 2.98. The summed E-state index contributed by atoms with van der Waals surface area (Å²) >= 11 is 1.20. The second kappa shape index (κ2) is 4.43. The van der Waals surface area contributed by atoms with Gasteiger partial charge in [-0.15, -0.1) is 0 Å². The van der Waals surface area contributed by atoms with Crippen LogP contribution in [0.25, 0.3) is 10.2 Å². The highest BCUT2D eigenvalue weighted by atomic mass is 32.1. The number of halogens is 1. The van der Waals surface area contributed by atoms with Gasteiger partial charge < -0.3 is 4.52 Å². The van der Waals surface area contributed by atoms with E-state index in [9.17, 15) is 9.18 Å². The van der Waals surface area contributed by atoms with Crippen LogP contribution in [-0.4, -0.2) is 16.0 Å². The van der Waals surface area contributed by atoms with Crippen molar-refractivity contribution >= 4 is 32.6 Å². The van der Waals surface area contributed by atoms with Crippen molar-refractivity contribution in [2.24, 2.45) is 0 Å². The SMILES string of the molecule is Cc1cc(C(=O)Nc2nc3c(F)cccc3s2)on1. The summed E-state index contributed by atoms with van der Waals surface area (Å²) < 4.78 is 19.0. The summed E-state index contributed by atoms with van der Waals surface area (Å²) in [6, 6.07) is 6.18. The van der Waals surface area contributed by atoms with Gasteiger partial charge in [-0.1, -0.05) is 22.6 Å². The van der Waals surface area contributed by atoms with Gasteiger partial charge in [0.2, 0.25) is 5.76 Å². The number of fused-ring (bicyclic) bond motifs is 1. The number of para-hydroxylation sites is 1. The number of nitrogens with zero attached hydrogens (tertiary/aromatic N) is 2. The number of benzene rings is 1. The van der Waals surface area contributed by atoms with Gasteiger partial charge in [-0.3, -0.25) is 10.1 Å². The molecule has 0 saturated carbocycles. The van der Waals surface area contributed by atoms with Gasteiger partial charge in [-0.2, -0.15) is 0 Å². The number of hydrogen-bond acceptors (Lipinski definition) is 5. The molecule has 0 spiro atoms. The Morgan fingerprint density at radius 3 is 3.00 bits per heavy atom. The third-order valence-corrected chi connectivity index (χ3v) is 3.38. The number of thiazole rings is 1. The molecule has 0 bridgehead atoms. The zero-order valence-electron chi connectivity index (χ0n) is 9.81. The normalized spacial score (nSPS) is 10.8. The molecule has 0 aliphatic carbocycles. The van der Waals surface area contributed by atoms with Crippen molar-refractivity contribution in [3.63, 3.8) is 0 Å². The van der Waals surface area contributed by atoms with E-state index in [2.05, 4.69) is 15.5 Å². The molecule has 3 aromatic rings. The minimum absolute atomic E-state index is 0.0947. The fourth-order valence-electron chi connectivity index (χ4n) is 1.60. The number of nitrogens with one attached hydrogen (secondary N) is 1. The number of amides is 1. The van der Waals surface area contributed by atoms with E-state index in [1.54, 1.807) is 19.1 Å². The molecule has 1 N–H and O–H groups in total. The van der Waals surface area contributed by atoms with Gasteiger partial charge in [-0.25, -0.2) is 9.37 Å². The standard InChI is InChI=1S/C12H8FN3O2S/c1-6-5-8(18-16-6)11(17)15-12-14-10-7(13)3-2-4-9(10)19-12/h2-5H,1H3,(H,14,15,17). The number of anilines is 1. The zero-order valence-corrected chi connectivity index (χ0v) is 10.6. The lowest BCUT2D eigenvalue weighted by atomic mass is 10.3. The maximum Gasteiger partial charge on any atom is 0.296 e. The molecular formula is C12H8FN3O2S. The van der Waals surface area contributed by atoms with Crippen LogP contribution in [0.4, 0.5) is 9.52 Å². The molecule has 3 rings (SSSR count). The number of hydrogen-bond donors (Lipinski definition) is 1. The maximum atomic E-state index is 13.5. The molecule has 96 valence electrons. The molecule has 0 saturated heterocycles. The van der Waals surface area contributed by atoms with Gasteiger partial charge in [0.15, 0.2) is 5.13 Å². The Balaban J connectivity index is 1.89. The summed E-state index contributed by atoms with van der Waals surface area (Å²) in [6.07, 6.45) is 0. The minimum atomic E-state index is -0.458. The number of rotatable bonds is 2. The van der Waals surface area contributed by atoms with Crippen molar-refractivity contribution in [3.8, 4) is 0 Å². The number of carbonyl (C=O) groups is 1. The Bertz CT molecular complexity index is 765. The Morgan fingerprint density at radius 2 is 2.32 bits per heavy atom. The van der Waals surface area contributed by atoms with E-state index in [-0.39, 0.29) is 11.3 Å². The maximum absolute atomic E-state index is 13.5. The quantitative estimate of drug-likeness (QED) is 0.782. The largest absolute Gasteiger partial charge is 0.351 e. The lowest BCUT2D eigenvalue weighted by molar-refractivity contribution is 0.0988. The van der Waals surface area contributed by atoms with Gasteiger partial charge in [0.1, 0.15) is 11.3 Å². The zero-order chi connectivity index (χ0) is 13.4. The first-order valence-electron chi connectivity index (χ1n) is 5.43. The van der Waals surface area contributed by atoms with Crippen LogP contribution < -0.4 is 5.32 Å². The Hall–Kier alpha value is -2.28. The highest BCUT2D eigenvalue weighted by molar-refractivity contribution is 7.22. The van der Waals surface area contributed by atoms with E-state index in [0.29, 0.717) is 15.5 Å². The van der Waals surface area contributed by atoms with Gasteiger partial charge >= 0.3 is 0 Å². The summed E-state index contributed by atoms with van der Waals surface area (Å²) in [4.78, 5) is 15.9. The molecule has 2 aromatic heterocycles. The third-order valence-electron chi connectivity index (χ3n) is 2.44. The minimum Gasteiger partial charge on any atom is -0.351 e. The summed E-state index contributed by atoms with van der Waals surface area (Å²) in [5, 5.41) is 6.50. The first kappa shape index (κ1) is 11.8. The second-order valence-corrected chi connectivity index (χ2v) is 4.92. The topological polar surface area (TPSA) is 68.0 Å². The van der Waals surface area contributed by atoms with Crippen LogP contribution >= 0.6 is 11.3 Å². The highest BCUT2D eigenvalue weighted by Crippen LogP contribution is 2.27. The lowest BCUT2D eigenvalue weighted by Crippen LogP contribution is -2.10. The molecule has 0 atom stereocenters. The molecule has 0 fully saturated rings. The van der Waals surface area contributed by atoms with Crippen molar-refractivity contribution in [3.05, 3.63) is 41.5 Å². The summed E-state index contributed by atoms with van der Waals surface area (Å²) in [7, 11) is 0. The Morgan fingerprint density at radius 1 is 1.47 bits per heavy atom. The fourth-order valence-corrected chi connectivity index (χ4v) is 2.47. The summed E-state index contributed by atoms with van der Waals surface area (Å²) in [5.41, 5.74) is 0.858. The van der Waals surface area contributed by atoms with Crippen LogP contribution in [0.1, 0.15) is 16.2 Å². The average Bonchev–Trinajstić information content (AvgIpc) is 2.96. The molecule has 1 aromatic carbocycles. The lowest BCUT2D eigenvalue weighted by Gasteiger charge is -1.95. The van der Waals surface area contributed by atoms with Crippen LogP contribution in [-0.2, 0) is 0 Å². The molecule has 7 heteroatoms. The van der Waals surface area contributed by atoms with Crippen molar-refractivity contribution < 1.29 is 13.7 Å². The van der Waals surface area contributed by atoms with Crippen LogP contribution in [0.2, 0.25) is 0 Å². The van der Waals surface area contributed by atoms with Crippen LogP contribution in [0.3, 0.4) is 0 Å². The van der Waals surface area contributed by atoms with Crippen LogP contribution in [0.15, 0.2) is 28.8 Å². The molecule has 1 amide bonds. The number of carbonyl (C=O) groups excluding carboxylic acids is 1. The van der Waals surface area contributed by atoms with E-state index < -0.39 is 11.7 Å². The fraction of sp³-hybridized carbons (Fsp3) is 0.0833. The van der Waals surface area contributed by atoms with E-state index in [1.165, 1.54) is 23.5 Å². The first-order valence-corrected chi connectivity index (χ1v) is 6.25. The van der Waals surface area contributed by atoms with Crippen molar-refractivity contribution in [1.29, 1.82) is 0 Å². The molecule has 0 unspecified atom stereocenters. The third kappa shape index (κ3) is 2.19. The number of aromatic nitrogens is 2. The molecule has 2 heterocycles. The molecular weight excluding hydrogens is 269 g/mol. The molecule has 0 aliphatic rings. The number of aryl methyl sites for hydroxylation is 1. The van der Waals surface area contributed by atoms with Crippen molar-refractivity contribution in [2.45, 2.75) is 6.92 Å². The van der Waals surface area contributed by atoms with Gasteiger partial charge in [0, 0.05) is 6.07 Å². The van der Waals surface area contributed by atoms with Crippen molar-refractivity contribution in [2.75, 3.05) is 5.32 Å². The molecule has 0 radical (unpaired) electrons. The predicted molar refractivity (Wildman–Crippen MR) is 68.8 cm³/mol.